The molecule has 1 amide bonds. The first-order valence-corrected chi connectivity index (χ1v) is 11.6. The molecule has 8 heteroatoms. The Balaban J connectivity index is 2.02. The van der Waals surface area contributed by atoms with Crippen LogP contribution < -0.4 is 10.9 Å². The van der Waals surface area contributed by atoms with Crippen LogP contribution in [0.1, 0.15) is 37.9 Å². The van der Waals surface area contributed by atoms with Crippen molar-refractivity contribution in [2.45, 2.75) is 32.4 Å². The van der Waals surface area contributed by atoms with Crippen molar-refractivity contribution in [3.63, 3.8) is 0 Å². The SMILES string of the molecule is COCC(C=O)[C@H](NC(=O)[C@H](CC(C)C)n1cnc2ccccc2c1=O)c1cccc(Br)c1. The fraction of sp³-hybridized carbons (Fsp3) is 0.360. The fourth-order valence-electron chi connectivity index (χ4n) is 3.89. The average Bonchev–Trinajstić information content (AvgIpc) is 2.80. The highest BCUT2D eigenvalue weighted by molar-refractivity contribution is 9.10. The van der Waals surface area contributed by atoms with Crippen molar-refractivity contribution < 1.29 is 14.3 Å². The van der Waals surface area contributed by atoms with E-state index >= 15 is 0 Å². The average molecular weight is 514 g/mol. The third kappa shape index (κ3) is 5.94. The molecule has 0 aliphatic carbocycles. The van der Waals surface area contributed by atoms with E-state index in [2.05, 4.69) is 26.2 Å². The Morgan fingerprint density at radius 3 is 2.64 bits per heavy atom. The second-order valence-electron chi connectivity index (χ2n) is 8.42. The smallest absolute Gasteiger partial charge is 0.261 e. The number of aromatic nitrogens is 2. The van der Waals surface area contributed by atoms with Crippen LogP contribution >= 0.6 is 15.9 Å². The van der Waals surface area contributed by atoms with Crippen LogP contribution in [0.2, 0.25) is 0 Å². The Kier molecular flexibility index (Phi) is 8.52. The molecule has 1 heterocycles. The van der Waals surface area contributed by atoms with Gasteiger partial charge in [-0.2, -0.15) is 0 Å². The van der Waals surface area contributed by atoms with Gasteiger partial charge in [-0.1, -0.05) is 54.0 Å². The highest BCUT2D eigenvalue weighted by Gasteiger charge is 2.30. The number of aldehydes is 1. The Labute approximate surface area is 201 Å². The second-order valence-corrected chi connectivity index (χ2v) is 9.33. The summed E-state index contributed by atoms with van der Waals surface area (Å²) in [4.78, 5) is 43.1. The highest BCUT2D eigenvalue weighted by Crippen LogP contribution is 2.26. The van der Waals surface area contributed by atoms with E-state index in [1.165, 1.54) is 18.0 Å². The summed E-state index contributed by atoms with van der Waals surface area (Å²) in [7, 11) is 1.51. The zero-order valence-corrected chi connectivity index (χ0v) is 20.5. The largest absolute Gasteiger partial charge is 0.384 e. The first-order chi connectivity index (χ1) is 15.8. The van der Waals surface area contributed by atoms with Crippen molar-refractivity contribution in [1.82, 2.24) is 14.9 Å². The maximum Gasteiger partial charge on any atom is 0.261 e. The Morgan fingerprint density at radius 1 is 1.21 bits per heavy atom. The molecule has 0 fully saturated rings. The number of hydrogen-bond acceptors (Lipinski definition) is 5. The van der Waals surface area contributed by atoms with Gasteiger partial charge >= 0.3 is 0 Å². The Bertz CT molecular complexity index is 1180. The molecule has 0 radical (unpaired) electrons. The van der Waals surface area contributed by atoms with Gasteiger partial charge in [-0.3, -0.25) is 14.2 Å². The van der Waals surface area contributed by atoms with Crippen molar-refractivity contribution in [1.29, 1.82) is 0 Å². The molecule has 0 saturated carbocycles. The van der Waals surface area contributed by atoms with Gasteiger partial charge in [-0.15, -0.1) is 0 Å². The number of rotatable bonds is 10. The summed E-state index contributed by atoms with van der Waals surface area (Å²) in [6.07, 6.45) is 2.65. The summed E-state index contributed by atoms with van der Waals surface area (Å²) < 4.78 is 7.45. The molecule has 1 aromatic heterocycles. The van der Waals surface area contributed by atoms with Gasteiger partial charge in [0.15, 0.2) is 0 Å². The first-order valence-electron chi connectivity index (χ1n) is 10.8. The minimum atomic E-state index is -0.779. The number of hydrogen-bond donors (Lipinski definition) is 1. The van der Waals surface area contributed by atoms with Gasteiger partial charge in [0, 0.05) is 11.6 Å². The summed E-state index contributed by atoms with van der Waals surface area (Å²) in [5.41, 5.74) is 1.07. The summed E-state index contributed by atoms with van der Waals surface area (Å²) in [6, 6.07) is 13.1. The standard InChI is InChI=1S/C25H28BrN3O4/c1-16(2)11-22(29-15-27-21-10-5-4-9-20(21)25(29)32)24(31)28-23(18(13-30)14-33-3)17-7-6-8-19(26)12-17/h4-10,12-13,15-16,18,22-23H,11,14H2,1-3H3,(H,28,31)/t18?,22-,23+/m0/s1. The zero-order chi connectivity index (χ0) is 24.0. The molecule has 1 unspecified atom stereocenters. The molecule has 2 aromatic carbocycles. The molecular formula is C25H28BrN3O4. The zero-order valence-electron chi connectivity index (χ0n) is 18.9. The van der Waals surface area contributed by atoms with E-state index in [0.717, 1.165) is 16.3 Å². The number of nitrogens with zero attached hydrogens (tertiary/aromatic N) is 2. The normalized spacial score (nSPS) is 14.1. The van der Waals surface area contributed by atoms with Crippen molar-refractivity contribution in [2.75, 3.05) is 13.7 Å². The molecule has 3 aromatic rings. The number of nitrogens with one attached hydrogen (secondary N) is 1. The van der Waals surface area contributed by atoms with Crippen LogP contribution in [0, 0.1) is 11.8 Å². The van der Waals surface area contributed by atoms with Gasteiger partial charge in [0.1, 0.15) is 12.3 Å². The molecule has 3 atom stereocenters. The predicted octanol–water partition coefficient (Wildman–Crippen LogP) is 4.07. The monoisotopic (exact) mass is 513 g/mol. The number of para-hydroxylation sites is 1. The van der Waals surface area contributed by atoms with E-state index in [-0.39, 0.29) is 24.0 Å². The lowest BCUT2D eigenvalue weighted by molar-refractivity contribution is -0.126. The maximum atomic E-state index is 13.6. The van der Waals surface area contributed by atoms with Crippen molar-refractivity contribution in [3.8, 4) is 0 Å². The van der Waals surface area contributed by atoms with Crippen LogP contribution in [0.15, 0.2) is 64.1 Å². The number of halogens is 1. The third-order valence-corrected chi connectivity index (χ3v) is 5.98. The van der Waals surface area contributed by atoms with Crippen LogP contribution in [0.25, 0.3) is 10.9 Å². The van der Waals surface area contributed by atoms with Crippen LogP contribution in [0.4, 0.5) is 0 Å². The van der Waals surface area contributed by atoms with Gasteiger partial charge < -0.3 is 14.8 Å². The molecular weight excluding hydrogens is 486 g/mol. The van der Waals surface area contributed by atoms with E-state index < -0.39 is 18.0 Å². The van der Waals surface area contributed by atoms with E-state index in [1.54, 1.807) is 18.2 Å². The minimum Gasteiger partial charge on any atom is -0.384 e. The lowest BCUT2D eigenvalue weighted by Gasteiger charge is -2.28. The molecule has 7 nitrogen and oxygen atoms in total. The summed E-state index contributed by atoms with van der Waals surface area (Å²) >= 11 is 3.45. The van der Waals surface area contributed by atoms with Crippen molar-refractivity contribution in [2.24, 2.45) is 11.8 Å². The van der Waals surface area contributed by atoms with Gasteiger partial charge in [-0.05, 0) is 42.2 Å². The van der Waals surface area contributed by atoms with E-state index in [9.17, 15) is 14.4 Å². The molecule has 0 aliphatic heterocycles. The molecule has 0 bridgehead atoms. The lowest BCUT2D eigenvalue weighted by atomic mass is 9.93. The minimum absolute atomic E-state index is 0.143. The number of carbonyl (C=O) groups is 2. The fourth-order valence-corrected chi connectivity index (χ4v) is 4.31. The number of carbonyl (C=O) groups excluding carboxylic acids is 2. The van der Waals surface area contributed by atoms with Crippen LogP contribution in [0.5, 0.6) is 0 Å². The van der Waals surface area contributed by atoms with Gasteiger partial charge in [-0.25, -0.2) is 4.98 Å². The van der Waals surface area contributed by atoms with Crippen LogP contribution in [-0.4, -0.2) is 35.5 Å². The quantitative estimate of drug-likeness (QED) is 0.412. The number of ether oxygens (including phenoxy) is 1. The molecule has 0 spiro atoms. The topological polar surface area (TPSA) is 90.3 Å². The molecule has 0 saturated heterocycles. The molecule has 0 aliphatic rings. The lowest BCUT2D eigenvalue weighted by Crippen LogP contribution is -2.42. The predicted molar refractivity (Wildman–Crippen MR) is 131 cm³/mol. The molecule has 3 rings (SSSR count). The maximum absolute atomic E-state index is 13.6. The number of methoxy groups -OCH3 is 1. The molecule has 33 heavy (non-hydrogen) atoms. The highest BCUT2D eigenvalue weighted by atomic mass is 79.9. The summed E-state index contributed by atoms with van der Waals surface area (Å²) in [6.45, 7) is 4.13. The molecule has 174 valence electrons. The number of benzene rings is 2. The van der Waals surface area contributed by atoms with E-state index in [1.807, 2.05) is 44.2 Å². The molecule has 1 N–H and O–H groups in total. The summed E-state index contributed by atoms with van der Waals surface area (Å²) in [5.74, 6) is -0.806. The van der Waals surface area contributed by atoms with Crippen LogP contribution in [0.3, 0.4) is 0 Å². The second kappa shape index (κ2) is 11.3. The van der Waals surface area contributed by atoms with Gasteiger partial charge in [0.05, 0.1) is 35.8 Å². The van der Waals surface area contributed by atoms with Crippen molar-refractivity contribution >= 4 is 39.0 Å². The van der Waals surface area contributed by atoms with E-state index in [4.69, 9.17) is 4.74 Å². The van der Waals surface area contributed by atoms with Crippen LogP contribution in [-0.2, 0) is 14.3 Å². The first kappa shape index (κ1) is 24.8. The van der Waals surface area contributed by atoms with Gasteiger partial charge in [0.25, 0.3) is 5.56 Å². The number of amides is 1. The summed E-state index contributed by atoms with van der Waals surface area (Å²) in [5, 5.41) is 3.47. The third-order valence-electron chi connectivity index (χ3n) is 5.49. The van der Waals surface area contributed by atoms with E-state index in [0.29, 0.717) is 17.3 Å². The van der Waals surface area contributed by atoms with Gasteiger partial charge in [0.2, 0.25) is 5.91 Å². The van der Waals surface area contributed by atoms with Crippen molar-refractivity contribution in [3.05, 3.63) is 75.2 Å². The number of fused-ring (bicyclic) bond motifs is 1. The Hall–Kier alpha value is -2.84. The Morgan fingerprint density at radius 2 is 1.97 bits per heavy atom.